The molecule has 2 rings (SSSR count). The molecule has 2 aromatic carbocycles. The van der Waals surface area contributed by atoms with Gasteiger partial charge in [0.05, 0.1) is 5.02 Å². The second-order valence-electron chi connectivity index (χ2n) is 4.03. The summed E-state index contributed by atoms with van der Waals surface area (Å²) in [7, 11) is 0. The minimum atomic E-state index is -1.10. The highest BCUT2D eigenvalue weighted by Gasteiger charge is 2.18. The molecule has 0 aromatic heterocycles. The second kappa shape index (κ2) is 5.39. The van der Waals surface area contributed by atoms with Gasteiger partial charge in [-0.15, -0.1) is 0 Å². The van der Waals surface area contributed by atoms with Gasteiger partial charge in [-0.3, -0.25) is 4.79 Å². The molecule has 0 heterocycles. The van der Waals surface area contributed by atoms with Gasteiger partial charge in [-0.1, -0.05) is 33.6 Å². The zero-order valence-electron chi connectivity index (χ0n) is 9.81. The minimum Gasteiger partial charge on any atom is -0.289 e. The summed E-state index contributed by atoms with van der Waals surface area (Å²) in [5.41, 5.74) is 1.07. The molecule has 0 spiro atoms. The zero-order chi connectivity index (χ0) is 14.2. The average molecular weight is 346 g/mol. The largest absolute Gasteiger partial charge is 0.289 e. The number of hydrogen-bond acceptors (Lipinski definition) is 1. The minimum absolute atomic E-state index is 0.0539. The highest BCUT2D eigenvalue weighted by Crippen LogP contribution is 2.25. The first kappa shape index (κ1) is 14.2. The number of halogens is 4. The summed E-state index contributed by atoms with van der Waals surface area (Å²) in [6.45, 7) is 1.76. The van der Waals surface area contributed by atoms with E-state index in [1.807, 2.05) is 0 Å². The highest BCUT2D eigenvalue weighted by atomic mass is 79.9. The van der Waals surface area contributed by atoms with Gasteiger partial charge in [0.25, 0.3) is 0 Å². The van der Waals surface area contributed by atoms with Gasteiger partial charge in [-0.2, -0.15) is 0 Å². The molecule has 0 fully saturated rings. The average Bonchev–Trinajstić information content (AvgIpc) is 2.36. The molecular weight excluding hydrogens is 338 g/mol. The van der Waals surface area contributed by atoms with E-state index < -0.39 is 17.4 Å². The van der Waals surface area contributed by atoms with Crippen molar-refractivity contribution in [1.29, 1.82) is 0 Å². The summed E-state index contributed by atoms with van der Waals surface area (Å²) in [4.78, 5) is 12.3. The number of hydrogen-bond donors (Lipinski definition) is 0. The number of carbonyl (C=O) groups is 1. The Kier molecular flexibility index (Phi) is 4.02. The van der Waals surface area contributed by atoms with Gasteiger partial charge in [0.2, 0.25) is 0 Å². The molecule has 0 N–H and O–H groups in total. The van der Waals surface area contributed by atoms with Crippen LogP contribution in [0.4, 0.5) is 8.78 Å². The third-order valence-electron chi connectivity index (χ3n) is 2.70. The molecule has 0 amide bonds. The molecule has 0 aliphatic rings. The lowest BCUT2D eigenvalue weighted by Gasteiger charge is -2.08. The Hall–Kier alpha value is -1.26. The lowest BCUT2D eigenvalue weighted by molar-refractivity contribution is 0.103. The summed E-state index contributed by atoms with van der Waals surface area (Å²) >= 11 is 9.06. The molecule has 0 bridgehead atoms. The van der Waals surface area contributed by atoms with E-state index in [0.717, 1.165) is 22.2 Å². The topological polar surface area (TPSA) is 17.1 Å². The molecule has 0 radical (unpaired) electrons. The van der Waals surface area contributed by atoms with E-state index in [1.165, 1.54) is 0 Å². The monoisotopic (exact) mass is 344 g/mol. The smallest absolute Gasteiger partial charge is 0.194 e. The van der Waals surface area contributed by atoms with E-state index in [9.17, 15) is 13.6 Å². The van der Waals surface area contributed by atoms with Crippen molar-refractivity contribution in [2.75, 3.05) is 0 Å². The van der Waals surface area contributed by atoms with Crippen molar-refractivity contribution in [3.8, 4) is 0 Å². The van der Waals surface area contributed by atoms with E-state index in [2.05, 4.69) is 15.9 Å². The number of ketones is 1. The van der Waals surface area contributed by atoms with Gasteiger partial charge < -0.3 is 0 Å². The van der Waals surface area contributed by atoms with Crippen molar-refractivity contribution >= 4 is 33.3 Å². The van der Waals surface area contributed by atoms with Gasteiger partial charge >= 0.3 is 0 Å². The fourth-order valence-corrected chi connectivity index (χ4v) is 2.28. The van der Waals surface area contributed by atoms with Crippen LogP contribution < -0.4 is 0 Å². The Morgan fingerprint density at radius 3 is 2.42 bits per heavy atom. The van der Waals surface area contributed by atoms with Gasteiger partial charge in [0, 0.05) is 15.6 Å². The van der Waals surface area contributed by atoms with Crippen LogP contribution in [-0.4, -0.2) is 5.78 Å². The predicted octanol–water partition coefficient (Wildman–Crippen LogP) is 4.92. The fraction of sp³-hybridized carbons (Fsp3) is 0.0714. The Balaban J connectivity index is 2.56. The Bertz CT molecular complexity index is 671. The van der Waals surface area contributed by atoms with Crippen LogP contribution in [-0.2, 0) is 0 Å². The van der Waals surface area contributed by atoms with Crippen LogP contribution in [0.5, 0.6) is 0 Å². The second-order valence-corrected chi connectivity index (χ2v) is 5.36. The lowest BCUT2D eigenvalue weighted by atomic mass is 9.99. The molecule has 2 aromatic rings. The van der Waals surface area contributed by atoms with Crippen molar-refractivity contribution in [1.82, 2.24) is 0 Å². The third-order valence-corrected chi connectivity index (χ3v) is 3.50. The number of benzene rings is 2. The van der Waals surface area contributed by atoms with Crippen molar-refractivity contribution in [3.63, 3.8) is 0 Å². The molecule has 0 saturated carbocycles. The summed E-state index contributed by atoms with van der Waals surface area (Å²) in [6, 6.07) is 6.79. The maximum absolute atomic E-state index is 13.2. The van der Waals surface area contributed by atoms with Crippen LogP contribution in [0.25, 0.3) is 0 Å². The first-order chi connectivity index (χ1) is 8.90. The molecule has 1 nitrogen and oxygen atoms in total. The van der Waals surface area contributed by atoms with Crippen molar-refractivity contribution in [2.24, 2.45) is 0 Å². The van der Waals surface area contributed by atoms with Crippen LogP contribution in [0.1, 0.15) is 21.5 Å². The van der Waals surface area contributed by atoms with Crippen LogP contribution in [0, 0.1) is 18.6 Å². The van der Waals surface area contributed by atoms with Crippen molar-refractivity contribution in [2.45, 2.75) is 6.92 Å². The molecule has 5 heteroatoms. The quantitative estimate of drug-likeness (QED) is 0.558. The Labute approximate surface area is 122 Å². The van der Waals surface area contributed by atoms with E-state index in [1.54, 1.807) is 25.1 Å². The first-order valence-corrected chi connectivity index (χ1v) is 6.52. The number of carbonyl (C=O) groups excluding carboxylic acids is 1. The zero-order valence-corrected chi connectivity index (χ0v) is 12.1. The Morgan fingerprint density at radius 1 is 1.11 bits per heavy atom. The first-order valence-electron chi connectivity index (χ1n) is 5.35. The van der Waals surface area contributed by atoms with Gasteiger partial charge in [-0.05, 0) is 36.8 Å². The van der Waals surface area contributed by atoms with Crippen LogP contribution in [0.2, 0.25) is 5.02 Å². The molecule has 0 atom stereocenters. The van der Waals surface area contributed by atoms with E-state index in [-0.39, 0.29) is 10.6 Å². The van der Waals surface area contributed by atoms with E-state index in [0.29, 0.717) is 5.56 Å². The highest BCUT2D eigenvalue weighted by molar-refractivity contribution is 9.10. The Morgan fingerprint density at radius 2 is 1.74 bits per heavy atom. The standard InChI is InChI=1S/C14H8BrClF2O/c1-7-2-3-8(15)4-9(7)14(19)10-5-12(17)13(18)6-11(10)16/h2-6H,1H3. The predicted molar refractivity (Wildman–Crippen MR) is 73.7 cm³/mol. The molecule has 0 unspecified atom stereocenters. The molecule has 98 valence electrons. The van der Waals surface area contributed by atoms with Crippen LogP contribution in [0.3, 0.4) is 0 Å². The maximum Gasteiger partial charge on any atom is 0.194 e. The fourth-order valence-electron chi connectivity index (χ4n) is 1.68. The van der Waals surface area contributed by atoms with Crippen molar-refractivity contribution in [3.05, 3.63) is 68.2 Å². The molecule has 0 aliphatic heterocycles. The summed E-state index contributed by atoms with van der Waals surface area (Å²) in [5.74, 6) is -2.62. The third kappa shape index (κ3) is 2.85. The molecule has 19 heavy (non-hydrogen) atoms. The van der Waals surface area contributed by atoms with Crippen LogP contribution >= 0.6 is 27.5 Å². The SMILES string of the molecule is Cc1ccc(Br)cc1C(=O)c1cc(F)c(F)cc1Cl. The lowest BCUT2D eigenvalue weighted by Crippen LogP contribution is -2.06. The summed E-state index contributed by atoms with van der Waals surface area (Å²) in [6.07, 6.45) is 0. The normalized spacial score (nSPS) is 10.6. The van der Waals surface area contributed by atoms with Crippen LogP contribution in [0.15, 0.2) is 34.8 Å². The summed E-state index contributed by atoms with van der Waals surface area (Å²) < 4.78 is 26.9. The molecular formula is C14H8BrClF2O. The van der Waals surface area contributed by atoms with Gasteiger partial charge in [-0.25, -0.2) is 8.78 Å². The van der Waals surface area contributed by atoms with Crippen molar-refractivity contribution < 1.29 is 13.6 Å². The van der Waals surface area contributed by atoms with Gasteiger partial charge in [0.15, 0.2) is 17.4 Å². The summed E-state index contributed by atoms with van der Waals surface area (Å²) in [5, 5.41) is -0.108. The molecule has 0 aliphatic carbocycles. The number of rotatable bonds is 2. The maximum atomic E-state index is 13.2. The van der Waals surface area contributed by atoms with Gasteiger partial charge in [0.1, 0.15) is 0 Å². The van der Waals surface area contributed by atoms with E-state index in [4.69, 9.17) is 11.6 Å². The number of aryl methyl sites for hydroxylation is 1. The van der Waals surface area contributed by atoms with E-state index >= 15 is 0 Å². The molecule has 0 saturated heterocycles.